The Hall–Kier alpha value is -1.34. The molecule has 0 saturated heterocycles. The molecule has 1 saturated carbocycles. The molecule has 1 aromatic rings. The summed E-state index contributed by atoms with van der Waals surface area (Å²) in [4.78, 5) is 4.36. The van der Waals surface area contributed by atoms with Crippen LogP contribution in [0.5, 0.6) is 0 Å². The molecule has 17 heavy (non-hydrogen) atoms. The Morgan fingerprint density at radius 2 is 2.35 bits per heavy atom. The molecule has 4 heteroatoms. The Morgan fingerprint density at radius 3 is 3.00 bits per heavy atom. The second kappa shape index (κ2) is 4.89. The Morgan fingerprint density at radius 1 is 1.59 bits per heavy atom. The molecule has 4 nitrogen and oxygen atoms in total. The maximum absolute atomic E-state index is 8.94. The second-order valence-electron chi connectivity index (χ2n) is 5.50. The Kier molecular flexibility index (Phi) is 3.49. The molecule has 1 aliphatic carbocycles. The predicted molar refractivity (Wildman–Crippen MR) is 66.1 cm³/mol. The Balaban J connectivity index is 1.79. The molecule has 2 rings (SSSR count). The fourth-order valence-electron chi connectivity index (χ4n) is 1.62. The molecule has 0 atom stereocenters. The van der Waals surface area contributed by atoms with Crippen LogP contribution in [0.2, 0.25) is 0 Å². The van der Waals surface area contributed by atoms with Gasteiger partial charge in [0, 0.05) is 25.3 Å². The van der Waals surface area contributed by atoms with Crippen molar-refractivity contribution in [3.63, 3.8) is 0 Å². The first-order valence-electron chi connectivity index (χ1n) is 6.24. The first-order chi connectivity index (χ1) is 8.09. The van der Waals surface area contributed by atoms with E-state index in [9.17, 15) is 0 Å². The van der Waals surface area contributed by atoms with Crippen molar-refractivity contribution in [2.45, 2.75) is 52.2 Å². The van der Waals surface area contributed by atoms with Gasteiger partial charge in [-0.1, -0.05) is 0 Å². The van der Waals surface area contributed by atoms with Crippen LogP contribution in [-0.4, -0.2) is 15.6 Å². The third-order valence-electron chi connectivity index (χ3n) is 3.13. The molecular formula is C13H20N4. The van der Waals surface area contributed by atoms with Gasteiger partial charge >= 0.3 is 0 Å². The smallest absolute Gasteiger partial charge is 0.0949 e. The highest BCUT2D eigenvalue weighted by molar-refractivity contribution is 4.99. The molecule has 1 fully saturated rings. The van der Waals surface area contributed by atoms with E-state index >= 15 is 0 Å². The van der Waals surface area contributed by atoms with Crippen LogP contribution in [0.3, 0.4) is 0 Å². The summed E-state index contributed by atoms with van der Waals surface area (Å²) in [5.74, 6) is 0. The number of aryl methyl sites for hydroxylation is 1. The second-order valence-corrected chi connectivity index (χ2v) is 5.50. The fraction of sp³-hybridized carbons (Fsp3) is 0.692. The molecule has 0 aliphatic heterocycles. The number of nitrogens with zero attached hydrogens (tertiary/aromatic N) is 3. The Labute approximate surface area is 103 Å². The maximum atomic E-state index is 8.94. The molecule has 0 unspecified atom stereocenters. The van der Waals surface area contributed by atoms with Crippen molar-refractivity contribution >= 4 is 0 Å². The highest BCUT2D eigenvalue weighted by Crippen LogP contribution is 2.20. The lowest BCUT2D eigenvalue weighted by atomic mass is 9.91. The van der Waals surface area contributed by atoms with Gasteiger partial charge in [-0.2, -0.15) is 5.26 Å². The molecule has 1 heterocycles. The van der Waals surface area contributed by atoms with Crippen LogP contribution in [0.4, 0.5) is 0 Å². The van der Waals surface area contributed by atoms with Gasteiger partial charge in [0.25, 0.3) is 0 Å². The van der Waals surface area contributed by atoms with Crippen LogP contribution in [0, 0.1) is 16.7 Å². The van der Waals surface area contributed by atoms with Crippen LogP contribution in [0.25, 0.3) is 0 Å². The molecule has 0 radical (unpaired) electrons. The van der Waals surface area contributed by atoms with Crippen LogP contribution >= 0.6 is 0 Å². The number of nitriles is 1. The maximum Gasteiger partial charge on any atom is 0.0949 e. The van der Waals surface area contributed by atoms with Crippen molar-refractivity contribution in [2.24, 2.45) is 5.41 Å². The molecule has 0 bridgehead atoms. The predicted octanol–water partition coefficient (Wildman–Crippen LogP) is 2.07. The quantitative estimate of drug-likeness (QED) is 0.817. The summed E-state index contributed by atoms with van der Waals surface area (Å²) in [5, 5.41) is 12.4. The van der Waals surface area contributed by atoms with E-state index in [-0.39, 0.29) is 5.41 Å². The van der Waals surface area contributed by atoms with Crippen LogP contribution in [0.1, 0.15) is 38.8 Å². The SMILES string of the molecule is CC(C)(C#N)CCn1cnc(CNC2CC2)c1. The van der Waals surface area contributed by atoms with Crippen molar-refractivity contribution in [2.75, 3.05) is 0 Å². The molecule has 92 valence electrons. The van der Waals surface area contributed by atoms with Crippen molar-refractivity contribution in [3.05, 3.63) is 18.2 Å². The molecule has 0 amide bonds. The van der Waals surface area contributed by atoms with Gasteiger partial charge in [0.2, 0.25) is 0 Å². The average Bonchev–Trinajstić information content (AvgIpc) is 3.03. The Bertz CT molecular complexity index is 409. The number of nitrogens with one attached hydrogen (secondary N) is 1. The van der Waals surface area contributed by atoms with Crippen molar-refractivity contribution < 1.29 is 0 Å². The summed E-state index contributed by atoms with van der Waals surface area (Å²) in [6.07, 6.45) is 7.39. The number of aromatic nitrogens is 2. The third-order valence-corrected chi connectivity index (χ3v) is 3.13. The van der Waals surface area contributed by atoms with E-state index in [0.717, 1.165) is 31.2 Å². The first-order valence-corrected chi connectivity index (χ1v) is 6.24. The van der Waals surface area contributed by atoms with Gasteiger partial charge < -0.3 is 9.88 Å². The van der Waals surface area contributed by atoms with E-state index in [1.165, 1.54) is 12.8 Å². The zero-order chi connectivity index (χ0) is 12.3. The highest BCUT2D eigenvalue weighted by atomic mass is 15.1. The van der Waals surface area contributed by atoms with E-state index in [0.29, 0.717) is 0 Å². The van der Waals surface area contributed by atoms with Crippen molar-refractivity contribution in [3.8, 4) is 6.07 Å². The van der Waals surface area contributed by atoms with Crippen LogP contribution in [0.15, 0.2) is 12.5 Å². The van der Waals surface area contributed by atoms with Gasteiger partial charge in [0.15, 0.2) is 0 Å². The fourth-order valence-corrected chi connectivity index (χ4v) is 1.62. The van der Waals surface area contributed by atoms with Gasteiger partial charge in [-0.25, -0.2) is 4.98 Å². The molecule has 0 aromatic carbocycles. The van der Waals surface area contributed by atoms with E-state index in [2.05, 4.69) is 27.1 Å². The lowest BCUT2D eigenvalue weighted by Crippen LogP contribution is -2.15. The standard InChI is InChI=1S/C13H20N4/c1-13(2,9-14)5-6-17-8-12(16-10-17)7-15-11-3-4-11/h8,10-11,15H,3-7H2,1-2H3. The summed E-state index contributed by atoms with van der Waals surface area (Å²) >= 11 is 0. The largest absolute Gasteiger partial charge is 0.337 e. The van der Waals surface area contributed by atoms with E-state index < -0.39 is 0 Å². The average molecular weight is 232 g/mol. The monoisotopic (exact) mass is 232 g/mol. The lowest BCUT2D eigenvalue weighted by molar-refractivity contribution is 0.413. The van der Waals surface area contributed by atoms with Gasteiger partial charge in [0.1, 0.15) is 0 Å². The van der Waals surface area contributed by atoms with Gasteiger partial charge in [-0.15, -0.1) is 0 Å². The molecule has 1 N–H and O–H groups in total. The van der Waals surface area contributed by atoms with Crippen molar-refractivity contribution in [1.29, 1.82) is 5.26 Å². The topological polar surface area (TPSA) is 53.6 Å². The molecule has 1 aliphatic rings. The minimum Gasteiger partial charge on any atom is -0.337 e. The minimum atomic E-state index is -0.253. The van der Waals surface area contributed by atoms with E-state index in [1.807, 2.05) is 20.2 Å². The number of imidazole rings is 1. The lowest BCUT2D eigenvalue weighted by Gasteiger charge is -2.14. The van der Waals surface area contributed by atoms with Gasteiger partial charge in [-0.3, -0.25) is 0 Å². The summed E-state index contributed by atoms with van der Waals surface area (Å²) in [7, 11) is 0. The van der Waals surface area contributed by atoms with Gasteiger partial charge in [0.05, 0.1) is 23.5 Å². The molecule has 1 aromatic heterocycles. The zero-order valence-corrected chi connectivity index (χ0v) is 10.6. The minimum absolute atomic E-state index is 0.253. The summed E-state index contributed by atoms with van der Waals surface area (Å²) in [6.45, 7) is 5.66. The van der Waals surface area contributed by atoms with Crippen molar-refractivity contribution in [1.82, 2.24) is 14.9 Å². The summed E-state index contributed by atoms with van der Waals surface area (Å²) in [5.41, 5.74) is 0.836. The number of rotatable bonds is 6. The first kappa shape index (κ1) is 12.1. The zero-order valence-electron chi connectivity index (χ0n) is 10.6. The third kappa shape index (κ3) is 3.86. The number of hydrogen-bond acceptors (Lipinski definition) is 3. The molecular weight excluding hydrogens is 212 g/mol. The van der Waals surface area contributed by atoms with Crippen LogP contribution in [-0.2, 0) is 13.1 Å². The molecule has 0 spiro atoms. The summed E-state index contributed by atoms with van der Waals surface area (Å²) < 4.78 is 2.07. The van der Waals surface area contributed by atoms with E-state index in [1.54, 1.807) is 0 Å². The normalized spacial score (nSPS) is 15.8. The summed E-state index contributed by atoms with van der Waals surface area (Å²) in [6, 6.07) is 3.04. The number of hydrogen-bond donors (Lipinski definition) is 1. The van der Waals surface area contributed by atoms with Gasteiger partial charge in [-0.05, 0) is 33.1 Å². The highest BCUT2D eigenvalue weighted by Gasteiger charge is 2.20. The van der Waals surface area contributed by atoms with E-state index in [4.69, 9.17) is 5.26 Å². The van der Waals surface area contributed by atoms with Crippen LogP contribution < -0.4 is 5.32 Å².